The molecule has 0 aliphatic carbocycles. The lowest BCUT2D eigenvalue weighted by molar-refractivity contribution is 0.102. The van der Waals surface area contributed by atoms with E-state index in [1.54, 1.807) is 0 Å². The lowest BCUT2D eigenvalue weighted by Crippen LogP contribution is -2.40. The predicted molar refractivity (Wildman–Crippen MR) is 90.2 cm³/mol. The third kappa shape index (κ3) is 3.43. The van der Waals surface area contributed by atoms with Crippen LogP contribution in [-0.4, -0.2) is 35.0 Å². The minimum atomic E-state index is -0.484. The fourth-order valence-corrected chi connectivity index (χ4v) is 2.72. The molecule has 5 N–H and O–H groups in total. The molecule has 1 saturated heterocycles. The zero-order valence-electron chi connectivity index (χ0n) is 13.1. The van der Waals surface area contributed by atoms with Gasteiger partial charge in [0, 0.05) is 31.5 Å². The number of carbonyl (C=O) groups is 1. The maximum atomic E-state index is 13.7. The Balaban J connectivity index is 1.85. The van der Waals surface area contributed by atoms with Gasteiger partial charge in [-0.3, -0.25) is 4.79 Å². The zero-order valence-corrected chi connectivity index (χ0v) is 13.1. The zero-order chi connectivity index (χ0) is 17.1. The largest absolute Gasteiger partial charge is 0.382 e. The SMILES string of the molecule is Nc1nccnc1C(=O)Nc1ccc(F)cc1N1CCC(N)CC1. The van der Waals surface area contributed by atoms with E-state index < -0.39 is 5.91 Å². The van der Waals surface area contributed by atoms with E-state index in [0.29, 0.717) is 24.5 Å². The fourth-order valence-electron chi connectivity index (χ4n) is 2.72. The minimum absolute atomic E-state index is 0.0356. The number of nitrogens with two attached hydrogens (primary N) is 2. The van der Waals surface area contributed by atoms with Gasteiger partial charge < -0.3 is 21.7 Å². The van der Waals surface area contributed by atoms with Gasteiger partial charge in [0.1, 0.15) is 5.82 Å². The number of rotatable bonds is 3. The first kappa shape index (κ1) is 16.1. The fraction of sp³-hybridized carbons (Fsp3) is 0.312. The van der Waals surface area contributed by atoms with Crippen LogP contribution in [0.3, 0.4) is 0 Å². The van der Waals surface area contributed by atoms with Crippen molar-refractivity contribution in [2.45, 2.75) is 18.9 Å². The molecule has 1 aliphatic heterocycles. The summed E-state index contributed by atoms with van der Waals surface area (Å²) in [6.07, 6.45) is 4.44. The first-order chi connectivity index (χ1) is 11.5. The predicted octanol–water partition coefficient (Wildman–Crippen LogP) is 1.38. The van der Waals surface area contributed by atoms with Crippen LogP contribution in [0.25, 0.3) is 0 Å². The van der Waals surface area contributed by atoms with Crippen LogP contribution >= 0.6 is 0 Å². The number of amides is 1. The van der Waals surface area contributed by atoms with Crippen LogP contribution in [0.4, 0.5) is 21.6 Å². The van der Waals surface area contributed by atoms with E-state index >= 15 is 0 Å². The van der Waals surface area contributed by atoms with Crippen LogP contribution in [0.1, 0.15) is 23.3 Å². The molecule has 8 heteroatoms. The number of aromatic nitrogens is 2. The highest BCUT2D eigenvalue weighted by Gasteiger charge is 2.21. The molecule has 1 fully saturated rings. The molecule has 0 radical (unpaired) electrons. The molecule has 24 heavy (non-hydrogen) atoms. The molecule has 0 spiro atoms. The number of hydrogen-bond acceptors (Lipinski definition) is 6. The number of halogens is 1. The summed E-state index contributed by atoms with van der Waals surface area (Å²) in [5.74, 6) is -0.804. The number of nitrogens with zero attached hydrogens (tertiary/aromatic N) is 3. The van der Waals surface area contributed by atoms with Crippen LogP contribution in [0.15, 0.2) is 30.6 Å². The standard InChI is InChI=1S/C16H19FN6O/c17-10-1-2-12(13(9-10)23-7-3-11(18)4-8-23)22-16(24)14-15(19)21-6-5-20-14/h1-2,5-6,9,11H,3-4,7-8,18H2,(H2,19,21)(H,22,24). The quantitative estimate of drug-likeness (QED) is 0.784. The topological polar surface area (TPSA) is 110 Å². The summed E-state index contributed by atoms with van der Waals surface area (Å²) in [5, 5.41) is 2.74. The molecule has 1 aromatic carbocycles. The highest BCUT2D eigenvalue weighted by atomic mass is 19.1. The molecule has 2 heterocycles. The number of piperidine rings is 1. The summed E-state index contributed by atoms with van der Waals surface area (Å²) in [6.45, 7) is 1.42. The average molecular weight is 330 g/mol. The summed E-state index contributed by atoms with van der Waals surface area (Å²) >= 11 is 0. The van der Waals surface area contributed by atoms with Gasteiger partial charge in [-0.05, 0) is 31.0 Å². The van der Waals surface area contributed by atoms with Crippen molar-refractivity contribution < 1.29 is 9.18 Å². The van der Waals surface area contributed by atoms with Gasteiger partial charge in [-0.1, -0.05) is 0 Å². The maximum absolute atomic E-state index is 13.7. The van der Waals surface area contributed by atoms with Crippen molar-refractivity contribution in [2.24, 2.45) is 5.73 Å². The van der Waals surface area contributed by atoms with Gasteiger partial charge in [-0.25, -0.2) is 14.4 Å². The Hall–Kier alpha value is -2.74. The number of hydrogen-bond donors (Lipinski definition) is 3. The molecule has 3 rings (SSSR count). The molecule has 1 aromatic heterocycles. The molecule has 0 unspecified atom stereocenters. The molecular weight excluding hydrogens is 311 g/mol. The first-order valence-electron chi connectivity index (χ1n) is 7.72. The Morgan fingerprint density at radius 3 is 2.67 bits per heavy atom. The van der Waals surface area contributed by atoms with Crippen molar-refractivity contribution in [1.29, 1.82) is 0 Å². The average Bonchev–Trinajstić information content (AvgIpc) is 2.57. The van der Waals surface area contributed by atoms with Gasteiger partial charge in [0.05, 0.1) is 11.4 Å². The van der Waals surface area contributed by atoms with Crippen molar-refractivity contribution in [3.63, 3.8) is 0 Å². The second-order valence-corrected chi connectivity index (χ2v) is 5.73. The molecule has 1 amide bonds. The summed E-state index contributed by atoms with van der Waals surface area (Å²) in [7, 11) is 0. The molecule has 126 valence electrons. The van der Waals surface area contributed by atoms with Crippen LogP contribution in [0.5, 0.6) is 0 Å². The van der Waals surface area contributed by atoms with Gasteiger partial charge >= 0.3 is 0 Å². The van der Waals surface area contributed by atoms with Crippen LogP contribution < -0.4 is 21.7 Å². The van der Waals surface area contributed by atoms with Crippen molar-refractivity contribution in [3.8, 4) is 0 Å². The highest BCUT2D eigenvalue weighted by molar-refractivity contribution is 6.07. The van der Waals surface area contributed by atoms with Crippen molar-refractivity contribution in [2.75, 3.05) is 29.0 Å². The monoisotopic (exact) mass is 330 g/mol. The number of nitrogens with one attached hydrogen (secondary N) is 1. The number of carbonyl (C=O) groups excluding carboxylic acids is 1. The Bertz CT molecular complexity index is 745. The van der Waals surface area contributed by atoms with Crippen LogP contribution in [0, 0.1) is 5.82 Å². The van der Waals surface area contributed by atoms with E-state index in [4.69, 9.17) is 11.5 Å². The van der Waals surface area contributed by atoms with Gasteiger partial charge in [0.25, 0.3) is 5.91 Å². The van der Waals surface area contributed by atoms with Crippen molar-refractivity contribution >= 4 is 23.1 Å². The van der Waals surface area contributed by atoms with E-state index in [9.17, 15) is 9.18 Å². The van der Waals surface area contributed by atoms with Crippen molar-refractivity contribution in [1.82, 2.24) is 9.97 Å². The summed E-state index contributed by atoms with van der Waals surface area (Å²) in [5.41, 5.74) is 12.8. The highest BCUT2D eigenvalue weighted by Crippen LogP contribution is 2.29. The smallest absolute Gasteiger partial charge is 0.278 e. The summed E-state index contributed by atoms with van der Waals surface area (Å²) in [6, 6.07) is 4.40. The van der Waals surface area contributed by atoms with E-state index in [-0.39, 0.29) is 23.4 Å². The Labute approximate surface area is 138 Å². The minimum Gasteiger partial charge on any atom is -0.382 e. The second-order valence-electron chi connectivity index (χ2n) is 5.73. The lowest BCUT2D eigenvalue weighted by atomic mass is 10.0. The maximum Gasteiger partial charge on any atom is 0.278 e. The molecule has 0 bridgehead atoms. The normalized spacial score (nSPS) is 15.3. The molecule has 1 aliphatic rings. The van der Waals surface area contributed by atoms with Crippen LogP contribution in [0.2, 0.25) is 0 Å². The molecule has 2 aromatic rings. The van der Waals surface area contributed by atoms with E-state index in [1.165, 1.54) is 30.6 Å². The number of anilines is 3. The molecule has 0 saturated carbocycles. The molecular formula is C16H19FN6O. The molecule has 7 nitrogen and oxygen atoms in total. The third-order valence-corrected chi connectivity index (χ3v) is 4.03. The first-order valence-corrected chi connectivity index (χ1v) is 7.72. The number of benzene rings is 1. The Morgan fingerprint density at radius 2 is 1.96 bits per heavy atom. The lowest BCUT2D eigenvalue weighted by Gasteiger charge is -2.33. The number of nitrogen functional groups attached to an aromatic ring is 1. The summed E-state index contributed by atoms with van der Waals surface area (Å²) < 4.78 is 13.7. The van der Waals surface area contributed by atoms with Gasteiger partial charge in [-0.15, -0.1) is 0 Å². The third-order valence-electron chi connectivity index (χ3n) is 4.03. The Kier molecular flexibility index (Phi) is 4.57. The molecule has 0 atom stereocenters. The van der Waals surface area contributed by atoms with Crippen molar-refractivity contribution in [3.05, 3.63) is 42.1 Å². The van der Waals surface area contributed by atoms with E-state index in [0.717, 1.165) is 12.8 Å². The van der Waals surface area contributed by atoms with Gasteiger partial charge in [-0.2, -0.15) is 0 Å². The van der Waals surface area contributed by atoms with Gasteiger partial charge in [0.2, 0.25) is 0 Å². The van der Waals surface area contributed by atoms with Gasteiger partial charge in [0.15, 0.2) is 11.5 Å². The van der Waals surface area contributed by atoms with E-state index in [2.05, 4.69) is 15.3 Å². The second kappa shape index (κ2) is 6.79. The van der Waals surface area contributed by atoms with E-state index in [1.807, 2.05) is 4.90 Å². The van der Waals surface area contributed by atoms with Crippen LogP contribution in [-0.2, 0) is 0 Å². The summed E-state index contributed by atoms with van der Waals surface area (Å²) in [4.78, 5) is 22.2. The Morgan fingerprint density at radius 1 is 1.25 bits per heavy atom.